The predicted molar refractivity (Wildman–Crippen MR) is 135 cm³/mol. The van der Waals surface area contributed by atoms with E-state index in [2.05, 4.69) is 5.32 Å². The Balaban J connectivity index is 1.35. The first-order chi connectivity index (χ1) is 16.7. The largest absolute Gasteiger partial charge is 0.489 e. The Morgan fingerprint density at radius 1 is 1.09 bits per heavy atom. The van der Waals surface area contributed by atoms with Gasteiger partial charge in [0, 0.05) is 25.0 Å². The summed E-state index contributed by atoms with van der Waals surface area (Å²) in [6.45, 7) is 9.67. The average Bonchev–Trinajstić information content (AvgIpc) is 3.16. The molecule has 2 heterocycles. The van der Waals surface area contributed by atoms with Crippen molar-refractivity contribution in [2.24, 2.45) is 5.92 Å². The van der Waals surface area contributed by atoms with Crippen molar-refractivity contribution in [3.05, 3.63) is 65.4 Å². The van der Waals surface area contributed by atoms with Crippen LogP contribution in [0.25, 0.3) is 11.0 Å². The second-order valence-corrected chi connectivity index (χ2v) is 10.1. The van der Waals surface area contributed by atoms with E-state index in [9.17, 15) is 9.59 Å². The highest BCUT2D eigenvalue weighted by Crippen LogP contribution is 2.30. The van der Waals surface area contributed by atoms with E-state index in [1.54, 1.807) is 11.8 Å². The highest BCUT2D eigenvalue weighted by Gasteiger charge is 2.27. The van der Waals surface area contributed by atoms with Crippen molar-refractivity contribution in [2.75, 3.05) is 19.6 Å². The summed E-state index contributed by atoms with van der Waals surface area (Å²) in [5.74, 6) is 1.42. The first-order valence-electron chi connectivity index (χ1n) is 12.2. The van der Waals surface area contributed by atoms with Gasteiger partial charge in [0.15, 0.2) is 0 Å². The van der Waals surface area contributed by atoms with Gasteiger partial charge in [0.05, 0.1) is 5.56 Å². The van der Waals surface area contributed by atoms with E-state index in [0.29, 0.717) is 54.8 Å². The van der Waals surface area contributed by atoms with Crippen LogP contribution in [0.1, 0.15) is 55.3 Å². The normalized spacial score (nSPS) is 14.7. The van der Waals surface area contributed by atoms with Crippen molar-refractivity contribution in [2.45, 2.75) is 52.7 Å². The third kappa shape index (κ3) is 6.35. The molecule has 1 aliphatic rings. The predicted octanol–water partition coefficient (Wildman–Crippen LogP) is 5.70. The molecule has 2 amide bonds. The minimum absolute atomic E-state index is 0.156. The number of furan rings is 1. The molecule has 0 unspecified atom stereocenters. The lowest BCUT2D eigenvalue weighted by molar-refractivity contribution is 0.0183. The zero-order valence-corrected chi connectivity index (χ0v) is 20.9. The number of likely N-dealkylation sites (tertiary alicyclic amines) is 1. The van der Waals surface area contributed by atoms with E-state index in [4.69, 9.17) is 13.9 Å². The molecule has 1 aromatic heterocycles. The first-order valence-corrected chi connectivity index (χ1v) is 12.2. The van der Waals surface area contributed by atoms with Crippen LogP contribution in [-0.2, 0) is 11.3 Å². The molecule has 0 bridgehead atoms. The smallest absolute Gasteiger partial charge is 0.410 e. The van der Waals surface area contributed by atoms with Gasteiger partial charge in [-0.3, -0.25) is 4.79 Å². The van der Waals surface area contributed by atoms with Crippen molar-refractivity contribution in [3.63, 3.8) is 0 Å². The van der Waals surface area contributed by atoms with Gasteiger partial charge in [0.25, 0.3) is 5.91 Å². The lowest BCUT2D eigenvalue weighted by atomic mass is 9.97. The fraction of sp³-hybridized carbons (Fsp3) is 0.429. The number of benzene rings is 2. The monoisotopic (exact) mass is 478 g/mol. The van der Waals surface area contributed by atoms with Gasteiger partial charge in [-0.25, -0.2) is 4.79 Å². The number of nitrogens with zero attached hydrogens (tertiary/aromatic N) is 1. The number of hydrogen-bond acceptors (Lipinski definition) is 5. The van der Waals surface area contributed by atoms with Gasteiger partial charge in [0.2, 0.25) is 0 Å². The van der Waals surface area contributed by atoms with E-state index in [1.165, 1.54) is 0 Å². The summed E-state index contributed by atoms with van der Waals surface area (Å²) in [5.41, 5.74) is 1.77. The van der Waals surface area contributed by atoms with Crippen molar-refractivity contribution >= 4 is 23.0 Å². The van der Waals surface area contributed by atoms with Crippen LogP contribution in [0.15, 0.2) is 52.9 Å². The molecule has 4 rings (SSSR count). The number of amides is 2. The number of rotatable bonds is 6. The van der Waals surface area contributed by atoms with Gasteiger partial charge in [-0.1, -0.05) is 30.3 Å². The van der Waals surface area contributed by atoms with E-state index in [0.717, 1.165) is 23.8 Å². The summed E-state index contributed by atoms with van der Waals surface area (Å²) in [7, 11) is 0. The zero-order valence-electron chi connectivity index (χ0n) is 20.9. The van der Waals surface area contributed by atoms with E-state index >= 15 is 0 Å². The molecule has 7 heteroatoms. The summed E-state index contributed by atoms with van der Waals surface area (Å²) in [5, 5.41) is 3.81. The number of piperidine rings is 1. The van der Waals surface area contributed by atoms with Crippen LogP contribution in [0.4, 0.5) is 4.79 Å². The number of aryl methyl sites for hydroxylation is 1. The van der Waals surface area contributed by atoms with Crippen LogP contribution in [-0.4, -0.2) is 42.1 Å². The Morgan fingerprint density at radius 3 is 2.49 bits per heavy atom. The SMILES string of the molecule is Cc1oc2ccc(OCc3ccccc3)cc2c1C(=O)NCC1CCN(C(=O)OC(C)(C)C)CC1. The topological polar surface area (TPSA) is 81.0 Å². The summed E-state index contributed by atoms with van der Waals surface area (Å²) in [6.07, 6.45) is 1.37. The fourth-order valence-corrected chi connectivity index (χ4v) is 4.28. The standard InChI is InChI=1S/C28H34N2O5/c1-19-25(23-16-22(10-11-24(23)34-19)33-18-21-8-6-5-7-9-21)26(31)29-17-20-12-14-30(15-13-20)27(32)35-28(2,3)4/h5-11,16,20H,12-15,17-18H2,1-4H3,(H,29,31). The van der Waals surface area contributed by atoms with Crippen LogP contribution in [0, 0.1) is 12.8 Å². The molecule has 0 aliphatic carbocycles. The molecule has 35 heavy (non-hydrogen) atoms. The van der Waals surface area contributed by atoms with Crippen LogP contribution >= 0.6 is 0 Å². The van der Waals surface area contributed by atoms with Crippen molar-refractivity contribution < 1.29 is 23.5 Å². The summed E-state index contributed by atoms with van der Waals surface area (Å²) >= 11 is 0. The molecule has 0 radical (unpaired) electrons. The van der Waals surface area contributed by atoms with Crippen LogP contribution in [0.2, 0.25) is 0 Å². The van der Waals surface area contributed by atoms with Crippen molar-refractivity contribution in [1.82, 2.24) is 10.2 Å². The molecule has 3 aromatic rings. The highest BCUT2D eigenvalue weighted by atomic mass is 16.6. The maximum atomic E-state index is 13.1. The van der Waals surface area contributed by atoms with E-state index < -0.39 is 5.60 Å². The molecule has 1 fully saturated rings. The average molecular weight is 479 g/mol. The second kappa shape index (κ2) is 10.4. The summed E-state index contributed by atoms with van der Waals surface area (Å²) in [6, 6.07) is 15.5. The molecule has 1 saturated heterocycles. The van der Waals surface area contributed by atoms with Gasteiger partial charge in [-0.2, -0.15) is 0 Å². The van der Waals surface area contributed by atoms with Gasteiger partial charge >= 0.3 is 6.09 Å². The maximum absolute atomic E-state index is 13.1. The molecule has 186 valence electrons. The van der Waals surface area contributed by atoms with Gasteiger partial charge < -0.3 is 24.1 Å². The Bertz CT molecular complexity index is 1170. The Kier molecular flexibility index (Phi) is 7.34. The minimum atomic E-state index is -0.500. The molecular formula is C28H34N2O5. The van der Waals surface area contributed by atoms with E-state index in [-0.39, 0.29) is 12.0 Å². The number of carbonyl (C=O) groups is 2. The molecule has 0 saturated carbocycles. The second-order valence-electron chi connectivity index (χ2n) is 10.1. The minimum Gasteiger partial charge on any atom is -0.489 e. The van der Waals surface area contributed by atoms with Crippen LogP contribution in [0.5, 0.6) is 5.75 Å². The number of nitrogens with one attached hydrogen (secondary N) is 1. The number of fused-ring (bicyclic) bond motifs is 1. The van der Waals surface area contributed by atoms with Crippen LogP contribution < -0.4 is 10.1 Å². The van der Waals surface area contributed by atoms with E-state index in [1.807, 2.05) is 69.3 Å². The third-order valence-electron chi connectivity index (χ3n) is 6.13. The molecule has 0 atom stereocenters. The lowest BCUT2D eigenvalue weighted by Crippen LogP contribution is -2.43. The lowest BCUT2D eigenvalue weighted by Gasteiger charge is -2.33. The summed E-state index contributed by atoms with van der Waals surface area (Å²) < 4.78 is 17.2. The Hall–Kier alpha value is -3.48. The molecule has 1 aliphatic heterocycles. The Morgan fingerprint density at radius 2 is 1.80 bits per heavy atom. The maximum Gasteiger partial charge on any atom is 0.410 e. The van der Waals surface area contributed by atoms with Gasteiger partial charge in [-0.05, 0) is 70.2 Å². The molecule has 0 spiro atoms. The Labute approximate surface area is 206 Å². The molecule has 7 nitrogen and oxygen atoms in total. The first kappa shape index (κ1) is 24.6. The third-order valence-corrected chi connectivity index (χ3v) is 6.13. The highest BCUT2D eigenvalue weighted by molar-refractivity contribution is 6.07. The van der Waals surface area contributed by atoms with Gasteiger partial charge in [0.1, 0.15) is 29.3 Å². The number of hydrogen-bond donors (Lipinski definition) is 1. The molecule has 1 N–H and O–H groups in total. The zero-order chi connectivity index (χ0) is 25.0. The molecule has 2 aromatic carbocycles. The molecular weight excluding hydrogens is 444 g/mol. The van der Waals surface area contributed by atoms with Gasteiger partial charge in [-0.15, -0.1) is 0 Å². The summed E-state index contributed by atoms with van der Waals surface area (Å²) in [4.78, 5) is 27.1. The number of carbonyl (C=O) groups excluding carboxylic acids is 2. The quantitative estimate of drug-likeness (QED) is 0.492. The van der Waals surface area contributed by atoms with Crippen molar-refractivity contribution in [3.8, 4) is 5.75 Å². The number of ether oxygens (including phenoxy) is 2. The fourth-order valence-electron chi connectivity index (χ4n) is 4.28. The van der Waals surface area contributed by atoms with Crippen LogP contribution in [0.3, 0.4) is 0 Å². The van der Waals surface area contributed by atoms with Crippen molar-refractivity contribution in [1.29, 1.82) is 0 Å².